The first kappa shape index (κ1) is 8.96. The van der Waals surface area contributed by atoms with Crippen molar-refractivity contribution in [1.82, 2.24) is 0 Å². The van der Waals surface area contributed by atoms with E-state index in [0.29, 0.717) is 13.0 Å². The molecule has 5 heteroatoms. The summed E-state index contributed by atoms with van der Waals surface area (Å²) in [5.74, 6) is 0.365. The maximum atomic E-state index is 11.1. The molecule has 2 atom stereocenters. The van der Waals surface area contributed by atoms with Gasteiger partial charge in [-0.15, -0.1) is 0 Å². The maximum Gasteiger partial charge on any atom is 0.150 e. The van der Waals surface area contributed by atoms with Crippen LogP contribution < -0.4 is 11.5 Å². The van der Waals surface area contributed by atoms with Gasteiger partial charge in [0.15, 0.2) is 9.84 Å². The molecule has 0 aromatic rings. The van der Waals surface area contributed by atoms with Crippen LogP contribution in [-0.2, 0) is 9.84 Å². The van der Waals surface area contributed by atoms with Crippen molar-refractivity contribution in [2.24, 2.45) is 17.4 Å². The summed E-state index contributed by atoms with van der Waals surface area (Å²) in [6.07, 6.45) is 0.560. The second kappa shape index (κ2) is 3.08. The van der Waals surface area contributed by atoms with E-state index in [-0.39, 0.29) is 23.5 Å². The minimum Gasteiger partial charge on any atom is -0.330 e. The summed E-state index contributed by atoms with van der Waals surface area (Å²) in [6.45, 7) is 0.375. The van der Waals surface area contributed by atoms with Crippen molar-refractivity contribution in [2.45, 2.75) is 12.5 Å². The molecule has 0 radical (unpaired) electrons. The summed E-state index contributed by atoms with van der Waals surface area (Å²) in [6, 6.07) is -0.0245. The Balaban J connectivity index is 2.66. The third kappa shape index (κ3) is 2.15. The molecule has 1 fully saturated rings. The Morgan fingerprint density at radius 1 is 1.45 bits per heavy atom. The summed E-state index contributed by atoms with van der Waals surface area (Å²) in [4.78, 5) is 0. The molecular weight excluding hydrogens is 164 g/mol. The Bertz CT molecular complexity index is 225. The number of hydrogen-bond acceptors (Lipinski definition) is 4. The lowest BCUT2D eigenvalue weighted by molar-refractivity contribution is 0.429. The summed E-state index contributed by atoms with van der Waals surface area (Å²) < 4.78 is 22.1. The van der Waals surface area contributed by atoms with Crippen LogP contribution in [0.5, 0.6) is 0 Å². The molecule has 0 amide bonds. The van der Waals surface area contributed by atoms with Gasteiger partial charge in [-0.3, -0.25) is 0 Å². The van der Waals surface area contributed by atoms with Gasteiger partial charge in [-0.2, -0.15) is 0 Å². The average Bonchev–Trinajstić information content (AvgIpc) is 1.94. The van der Waals surface area contributed by atoms with E-state index in [0.717, 1.165) is 0 Å². The molecule has 1 aliphatic heterocycles. The van der Waals surface area contributed by atoms with Crippen LogP contribution in [0.2, 0.25) is 0 Å². The summed E-state index contributed by atoms with van der Waals surface area (Å²) in [5, 5.41) is 0. The zero-order valence-electron chi connectivity index (χ0n) is 6.36. The second-order valence-electron chi connectivity index (χ2n) is 3.06. The van der Waals surface area contributed by atoms with E-state index in [2.05, 4.69) is 0 Å². The lowest BCUT2D eigenvalue weighted by Crippen LogP contribution is -2.45. The summed E-state index contributed by atoms with van der Waals surface area (Å²) in [7, 11) is -2.84. The van der Waals surface area contributed by atoms with Crippen LogP contribution in [0.4, 0.5) is 0 Å². The van der Waals surface area contributed by atoms with Crippen molar-refractivity contribution in [1.29, 1.82) is 0 Å². The van der Waals surface area contributed by atoms with Crippen LogP contribution in [0.3, 0.4) is 0 Å². The van der Waals surface area contributed by atoms with Crippen LogP contribution >= 0.6 is 0 Å². The number of rotatable bonds is 1. The molecule has 4 nitrogen and oxygen atoms in total. The Morgan fingerprint density at radius 2 is 2.09 bits per heavy atom. The maximum absolute atomic E-state index is 11.1. The van der Waals surface area contributed by atoms with Crippen molar-refractivity contribution in [3.63, 3.8) is 0 Å². The standard InChI is InChI=1S/C6H14N2O2S/c7-3-5-4-11(9,10)2-1-6(5)8/h5-6H,1-4,7-8H2/t5-,6-/m0/s1. The number of hydrogen-bond donors (Lipinski definition) is 2. The highest BCUT2D eigenvalue weighted by Crippen LogP contribution is 2.15. The van der Waals surface area contributed by atoms with Crippen LogP contribution in [0.25, 0.3) is 0 Å². The molecule has 11 heavy (non-hydrogen) atoms. The molecular formula is C6H14N2O2S. The summed E-state index contributed by atoms with van der Waals surface area (Å²) in [5.41, 5.74) is 11.0. The predicted octanol–water partition coefficient (Wildman–Crippen LogP) is -1.29. The SMILES string of the molecule is NC[C@H]1CS(=O)(=O)CC[C@@H]1N. The molecule has 0 saturated carbocycles. The van der Waals surface area contributed by atoms with Crippen molar-refractivity contribution >= 4 is 9.84 Å². The lowest BCUT2D eigenvalue weighted by atomic mass is 10.0. The van der Waals surface area contributed by atoms with E-state index in [4.69, 9.17) is 11.5 Å². The van der Waals surface area contributed by atoms with E-state index >= 15 is 0 Å². The van der Waals surface area contributed by atoms with Gasteiger partial charge in [-0.25, -0.2) is 8.42 Å². The molecule has 1 saturated heterocycles. The molecule has 1 rings (SSSR count). The van der Waals surface area contributed by atoms with Crippen LogP contribution in [0.15, 0.2) is 0 Å². The van der Waals surface area contributed by atoms with Gasteiger partial charge in [-0.1, -0.05) is 0 Å². The van der Waals surface area contributed by atoms with Gasteiger partial charge in [0.25, 0.3) is 0 Å². The van der Waals surface area contributed by atoms with E-state index in [1.807, 2.05) is 0 Å². The van der Waals surface area contributed by atoms with Crippen LogP contribution in [-0.4, -0.2) is 32.5 Å². The third-order valence-electron chi connectivity index (χ3n) is 2.14. The third-order valence-corrected chi connectivity index (χ3v) is 3.93. The molecule has 0 aliphatic carbocycles. The quantitative estimate of drug-likeness (QED) is 0.523. The van der Waals surface area contributed by atoms with Crippen molar-refractivity contribution in [3.05, 3.63) is 0 Å². The van der Waals surface area contributed by atoms with Gasteiger partial charge >= 0.3 is 0 Å². The van der Waals surface area contributed by atoms with Gasteiger partial charge in [0, 0.05) is 12.0 Å². The fourth-order valence-electron chi connectivity index (χ4n) is 1.33. The van der Waals surface area contributed by atoms with Crippen molar-refractivity contribution < 1.29 is 8.42 Å². The van der Waals surface area contributed by atoms with E-state index in [1.165, 1.54) is 0 Å². The van der Waals surface area contributed by atoms with Gasteiger partial charge in [0.05, 0.1) is 11.5 Å². The molecule has 0 aromatic carbocycles. The highest BCUT2D eigenvalue weighted by atomic mass is 32.2. The van der Waals surface area contributed by atoms with E-state index in [9.17, 15) is 8.42 Å². The first-order valence-electron chi connectivity index (χ1n) is 3.71. The predicted molar refractivity (Wildman–Crippen MR) is 43.8 cm³/mol. The van der Waals surface area contributed by atoms with Gasteiger partial charge in [0.2, 0.25) is 0 Å². The highest BCUT2D eigenvalue weighted by Gasteiger charge is 2.29. The molecule has 0 spiro atoms. The number of nitrogens with two attached hydrogens (primary N) is 2. The zero-order valence-corrected chi connectivity index (χ0v) is 7.18. The highest BCUT2D eigenvalue weighted by molar-refractivity contribution is 7.91. The Labute approximate surface area is 66.9 Å². The van der Waals surface area contributed by atoms with Gasteiger partial charge in [-0.05, 0) is 13.0 Å². The van der Waals surface area contributed by atoms with E-state index in [1.54, 1.807) is 0 Å². The topological polar surface area (TPSA) is 86.2 Å². The van der Waals surface area contributed by atoms with Crippen LogP contribution in [0.1, 0.15) is 6.42 Å². The van der Waals surface area contributed by atoms with Crippen molar-refractivity contribution in [3.8, 4) is 0 Å². The zero-order chi connectivity index (χ0) is 8.48. The molecule has 1 aliphatic rings. The minimum absolute atomic E-state index is 0.0245. The van der Waals surface area contributed by atoms with Crippen LogP contribution in [0, 0.1) is 5.92 Å². The smallest absolute Gasteiger partial charge is 0.150 e. The Kier molecular flexibility index (Phi) is 2.51. The molecule has 0 aromatic heterocycles. The first-order valence-corrected chi connectivity index (χ1v) is 5.53. The van der Waals surface area contributed by atoms with Crippen molar-refractivity contribution in [2.75, 3.05) is 18.1 Å². The molecule has 0 bridgehead atoms. The molecule has 4 N–H and O–H groups in total. The largest absolute Gasteiger partial charge is 0.330 e. The fourth-order valence-corrected chi connectivity index (χ4v) is 3.16. The van der Waals surface area contributed by atoms with E-state index < -0.39 is 9.84 Å². The van der Waals surface area contributed by atoms with Gasteiger partial charge < -0.3 is 11.5 Å². The molecule has 1 heterocycles. The number of sulfone groups is 1. The second-order valence-corrected chi connectivity index (χ2v) is 5.29. The fraction of sp³-hybridized carbons (Fsp3) is 1.00. The molecule has 0 unspecified atom stereocenters. The lowest BCUT2D eigenvalue weighted by Gasteiger charge is -2.26. The first-order chi connectivity index (χ1) is 5.05. The normalized spacial score (nSPS) is 36.9. The summed E-state index contributed by atoms with van der Waals surface area (Å²) >= 11 is 0. The minimum atomic E-state index is -2.84. The Morgan fingerprint density at radius 3 is 2.55 bits per heavy atom. The van der Waals surface area contributed by atoms with Gasteiger partial charge in [0.1, 0.15) is 0 Å². The Hall–Kier alpha value is -0.130. The molecule has 66 valence electrons. The average molecular weight is 178 g/mol. The monoisotopic (exact) mass is 178 g/mol.